The number of hydrogen-bond donors (Lipinski definition) is 2. The zero-order chi connectivity index (χ0) is 15.3. The van der Waals surface area contributed by atoms with Crippen molar-refractivity contribution < 1.29 is 23.1 Å². The van der Waals surface area contributed by atoms with Crippen LogP contribution in [0.1, 0.15) is 13.3 Å². The maximum absolute atomic E-state index is 10.6. The number of methoxy groups -OCH3 is 2. The van der Waals surface area contributed by atoms with Gasteiger partial charge in [0.05, 0.1) is 26.4 Å². The summed E-state index contributed by atoms with van der Waals surface area (Å²) in [5, 5.41) is 2.58. The molecule has 0 unspecified atom stereocenters. The Morgan fingerprint density at radius 1 is 1.10 bits per heavy atom. The Morgan fingerprint density at radius 3 is 2.05 bits per heavy atom. The van der Waals surface area contributed by atoms with Crippen molar-refractivity contribution in [2.45, 2.75) is 25.4 Å². The summed E-state index contributed by atoms with van der Waals surface area (Å²) in [7, 11) is 1.01. The lowest BCUT2D eigenvalue weighted by Gasteiger charge is -2.30. The van der Waals surface area contributed by atoms with Crippen LogP contribution in [0.2, 0.25) is 12.1 Å². The van der Waals surface area contributed by atoms with Crippen molar-refractivity contribution in [2.24, 2.45) is 5.73 Å². The Balaban J connectivity index is 4.27. The largest absolute Gasteiger partial charge is 0.392 e. The van der Waals surface area contributed by atoms with Gasteiger partial charge in [0.1, 0.15) is 0 Å². The number of ether oxygens (including phenoxy) is 2. The molecule has 0 heterocycles. The van der Waals surface area contributed by atoms with E-state index in [-0.39, 0.29) is 0 Å². The highest BCUT2D eigenvalue weighted by atomic mass is 28.4. The number of hydrogen-bond acceptors (Lipinski definition) is 5. The molecule has 0 spiro atoms. The van der Waals surface area contributed by atoms with Crippen LogP contribution in [-0.2, 0) is 18.3 Å². The molecule has 0 saturated carbocycles. The Hall–Kier alpha value is -0.673. The molecule has 2 amide bonds. The molecule has 0 bridgehead atoms. The minimum atomic E-state index is -2.27. The van der Waals surface area contributed by atoms with Crippen LogP contribution in [0.3, 0.4) is 0 Å². The van der Waals surface area contributed by atoms with E-state index in [0.29, 0.717) is 33.0 Å². The summed E-state index contributed by atoms with van der Waals surface area (Å²) in [6, 6.07) is 1.14. The highest BCUT2D eigenvalue weighted by Crippen LogP contribution is 2.20. The number of carbonyl (C=O) groups is 1. The lowest BCUT2D eigenvalue weighted by atomic mass is 10.5. The highest BCUT2D eigenvalue weighted by molar-refractivity contribution is 6.67. The second-order valence-electron chi connectivity index (χ2n) is 4.34. The first-order chi connectivity index (χ1) is 9.60. The van der Waals surface area contributed by atoms with Gasteiger partial charge in [-0.15, -0.1) is 0 Å². The highest BCUT2D eigenvalue weighted by Gasteiger charge is 2.35. The normalized spacial score (nSPS) is 11.6. The van der Waals surface area contributed by atoms with E-state index in [0.717, 1.165) is 18.5 Å². The molecule has 0 aromatic heterocycles. The molecule has 0 aromatic rings. The molecule has 0 aromatic carbocycles. The van der Waals surface area contributed by atoms with E-state index in [1.54, 1.807) is 14.2 Å². The van der Waals surface area contributed by atoms with Crippen LogP contribution in [0.4, 0.5) is 4.79 Å². The molecule has 8 heteroatoms. The van der Waals surface area contributed by atoms with Gasteiger partial charge < -0.3 is 29.4 Å². The van der Waals surface area contributed by atoms with Gasteiger partial charge in [0.2, 0.25) is 0 Å². The second-order valence-corrected chi connectivity index (χ2v) is 7.95. The van der Waals surface area contributed by atoms with Crippen LogP contribution >= 0.6 is 0 Å². The summed E-state index contributed by atoms with van der Waals surface area (Å²) < 4.78 is 21.9. The van der Waals surface area contributed by atoms with Gasteiger partial charge in [-0.3, -0.25) is 0 Å². The van der Waals surface area contributed by atoms with E-state index in [9.17, 15) is 4.79 Å². The van der Waals surface area contributed by atoms with E-state index >= 15 is 0 Å². The maximum Gasteiger partial charge on any atom is 0.338 e. The van der Waals surface area contributed by atoms with Gasteiger partial charge in [-0.2, -0.15) is 0 Å². The van der Waals surface area contributed by atoms with Crippen LogP contribution in [0.25, 0.3) is 0 Å². The molecule has 0 atom stereocenters. The topological polar surface area (TPSA) is 92.0 Å². The molecule has 0 saturated heterocycles. The van der Waals surface area contributed by atoms with Crippen LogP contribution in [0.15, 0.2) is 0 Å². The van der Waals surface area contributed by atoms with E-state index in [1.165, 1.54) is 0 Å². The third-order valence-corrected chi connectivity index (χ3v) is 6.53. The van der Waals surface area contributed by atoms with E-state index in [2.05, 4.69) is 12.2 Å². The number of nitrogens with one attached hydrogen (secondary N) is 1. The number of amides is 2. The summed E-state index contributed by atoms with van der Waals surface area (Å²) in [5.74, 6) is 0. The predicted molar refractivity (Wildman–Crippen MR) is 78.9 cm³/mol. The summed E-state index contributed by atoms with van der Waals surface area (Å²) >= 11 is 0. The zero-order valence-corrected chi connectivity index (χ0v) is 13.8. The number of primary amides is 1. The first-order valence-electron chi connectivity index (χ1n) is 6.89. The standard InChI is InChI=1S/C12H28N2O5Si/c1-4-20(18-9-7-16-2,19-10-8-17-3)11-5-6-14-12(13)15/h4-11H2,1-3H3,(H3,13,14,15). The molecule has 0 fully saturated rings. The second kappa shape index (κ2) is 12.1. The average Bonchev–Trinajstić information content (AvgIpc) is 2.43. The molecule has 0 aliphatic carbocycles. The molecule has 20 heavy (non-hydrogen) atoms. The van der Waals surface area contributed by atoms with E-state index < -0.39 is 14.6 Å². The van der Waals surface area contributed by atoms with Crippen molar-refractivity contribution in [1.82, 2.24) is 5.32 Å². The Bertz CT molecular complexity index is 246. The third-order valence-electron chi connectivity index (χ3n) is 2.88. The molecular weight excluding hydrogens is 280 g/mol. The summed E-state index contributed by atoms with van der Waals surface area (Å²) in [6.45, 7) is 4.72. The minimum absolute atomic E-state index is 0.505. The zero-order valence-electron chi connectivity index (χ0n) is 12.8. The number of nitrogens with two attached hydrogens (primary N) is 1. The fourth-order valence-corrected chi connectivity index (χ4v) is 4.52. The van der Waals surface area contributed by atoms with Gasteiger partial charge >= 0.3 is 14.6 Å². The van der Waals surface area contributed by atoms with Gasteiger partial charge in [-0.05, 0) is 18.5 Å². The van der Waals surface area contributed by atoms with Crippen LogP contribution in [0, 0.1) is 0 Å². The summed E-state index contributed by atoms with van der Waals surface area (Å²) in [5.41, 5.74) is 5.04. The molecule has 0 aliphatic rings. The predicted octanol–water partition coefficient (Wildman–Crippen LogP) is 0.833. The first kappa shape index (κ1) is 19.3. The Kier molecular flexibility index (Phi) is 11.7. The molecule has 0 radical (unpaired) electrons. The number of carbonyl (C=O) groups excluding carboxylic acids is 1. The molecule has 3 N–H and O–H groups in total. The Morgan fingerprint density at radius 2 is 1.65 bits per heavy atom. The van der Waals surface area contributed by atoms with Crippen molar-refractivity contribution >= 4 is 14.6 Å². The molecular formula is C12H28N2O5Si. The van der Waals surface area contributed by atoms with Gasteiger partial charge in [-0.25, -0.2) is 4.79 Å². The fraction of sp³-hybridized carbons (Fsp3) is 0.917. The lowest BCUT2D eigenvalue weighted by molar-refractivity contribution is 0.0858. The van der Waals surface area contributed by atoms with Crippen molar-refractivity contribution in [1.29, 1.82) is 0 Å². The third kappa shape index (κ3) is 9.27. The average molecular weight is 308 g/mol. The summed E-state index contributed by atoms with van der Waals surface area (Å²) in [6.07, 6.45) is 0.781. The molecule has 7 nitrogen and oxygen atoms in total. The molecule has 120 valence electrons. The van der Waals surface area contributed by atoms with Crippen LogP contribution in [0.5, 0.6) is 0 Å². The van der Waals surface area contributed by atoms with Crippen molar-refractivity contribution in [2.75, 3.05) is 47.2 Å². The smallest absolute Gasteiger partial charge is 0.338 e. The van der Waals surface area contributed by atoms with Crippen molar-refractivity contribution in [3.05, 3.63) is 0 Å². The maximum atomic E-state index is 10.6. The van der Waals surface area contributed by atoms with Gasteiger partial charge in [0.15, 0.2) is 0 Å². The molecule has 0 rings (SSSR count). The Labute approximate surface area is 122 Å². The molecule has 0 aliphatic heterocycles. The monoisotopic (exact) mass is 308 g/mol. The van der Waals surface area contributed by atoms with Crippen LogP contribution in [-0.4, -0.2) is 61.8 Å². The fourth-order valence-electron chi connectivity index (χ4n) is 1.76. The van der Waals surface area contributed by atoms with Gasteiger partial charge in [0.25, 0.3) is 0 Å². The quantitative estimate of drug-likeness (QED) is 0.388. The SMILES string of the molecule is CC[Si](CCCNC(N)=O)(OCCOC)OCCOC. The van der Waals surface area contributed by atoms with E-state index in [1.807, 2.05) is 0 Å². The van der Waals surface area contributed by atoms with Crippen LogP contribution < -0.4 is 11.1 Å². The lowest BCUT2D eigenvalue weighted by Crippen LogP contribution is -2.44. The van der Waals surface area contributed by atoms with Gasteiger partial charge in [-0.1, -0.05) is 6.92 Å². The van der Waals surface area contributed by atoms with E-state index in [4.69, 9.17) is 24.1 Å². The number of urea groups is 1. The first-order valence-corrected chi connectivity index (χ1v) is 9.12. The van der Waals surface area contributed by atoms with Crippen molar-refractivity contribution in [3.63, 3.8) is 0 Å². The summed E-state index contributed by atoms with van der Waals surface area (Å²) in [4.78, 5) is 10.6. The van der Waals surface area contributed by atoms with Gasteiger partial charge in [0, 0.05) is 20.8 Å². The number of rotatable bonds is 13. The van der Waals surface area contributed by atoms with Crippen molar-refractivity contribution in [3.8, 4) is 0 Å². The minimum Gasteiger partial charge on any atom is -0.392 e.